The molecule has 1 heterocycles. The van der Waals surface area contributed by atoms with Crippen molar-refractivity contribution < 1.29 is 14.6 Å². The summed E-state index contributed by atoms with van der Waals surface area (Å²) in [6.07, 6.45) is 2.12. The minimum absolute atomic E-state index is 0.0496. The summed E-state index contributed by atoms with van der Waals surface area (Å²) in [7, 11) is 1.41. The van der Waals surface area contributed by atoms with Gasteiger partial charge in [0, 0.05) is 23.4 Å². The minimum Gasteiger partial charge on any atom is -0.469 e. The molecule has 20 heavy (non-hydrogen) atoms. The van der Waals surface area contributed by atoms with E-state index in [0.717, 1.165) is 17.7 Å². The van der Waals surface area contributed by atoms with Gasteiger partial charge in [0.2, 0.25) is 0 Å². The molecule has 1 aromatic heterocycles. The van der Waals surface area contributed by atoms with Crippen molar-refractivity contribution in [2.45, 2.75) is 39.2 Å². The fraction of sp³-hybridized carbons (Fsp3) is 0.667. The number of ether oxygens (including phenoxy) is 1. The largest absolute Gasteiger partial charge is 0.469 e. The van der Waals surface area contributed by atoms with Crippen molar-refractivity contribution in [2.75, 3.05) is 20.3 Å². The highest BCUT2D eigenvalue weighted by Gasteiger charge is 2.27. The second kappa shape index (κ2) is 8.39. The fourth-order valence-electron chi connectivity index (χ4n) is 2.13. The SMILES string of the molecule is CCC(CC)(CO)CNC(CC(=O)OC)c1cccs1. The van der Waals surface area contributed by atoms with Crippen molar-refractivity contribution >= 4 is 17.3 Å². The van der Waals surface area contributed by atoms with Crippen LogP contribution in [0.3, 0.4) is 0 Å². The summed E-state index contributed by atoms with van der Waals surface area (Å²) in [4.78, 5) is 12.7. The van der Waals surface area contributed by atoms with Crippen LogP contribution in [0.2, 0.25) is 0 Å². The van der Waals surface area contributed by atoms with E-state index >= 15 is 0 Å². The zero-order valence-electron chi connectivity index (χ0n) is 12.5. The number of nitrogens with one attached hydrogen (secondary N) is 1. The van der Waals surface area contributed by atoms with Gasteiger partial charge in [0.25, 0.3) is 0 Å². The van der Waals surface area contributed by atoms with E-state index in [1.807, 2.05) is 17.5 Å². The number of methoxy groups -OCH3 is 1. The second-order valence-corrected chi connectivity index (χ2v) is 6.07. The molecule has 0 aliphatic heterocycles. The zero-order valence-corrected chi connectivity index (χ0v) is 13.3. The van der Waals surface area contributed by atoms with Crippen LogP contribution in [0, 0.1) is 5.41 Å². The Kier molecular flexibility index (Phi) is 7.19. The average Bonchev–Trinajstić information content (AvgIpc) is 3.01. The summed E-state index contributed by atoms with van der Waals surface area (Å²) in [6, 6.07) is 3.95. The molecule has 2 N–H and O–H groups in total. The van der Waals surface area contributed by atoms with Crippen LogP contribution in [-0.4, -0.2) is 31.3 Å². The van der Waals surface area contributed by atoms with Crippen molar-refractivity contribution in [3.8, 4) is 0 Å². The standard InChI is InChI=1S/C15H25NO3S/c1-4-15(5-2,11-17)10-16-12(9-14(18)19-3)13-7-6-8-20-13/h6-8,12,16-17H,4-5,9-11H2,1-3H3. The van der Waals surface area contributed by atoms with Gasteiger partial charge in [-0.3, -0.25) is 4.79 Å². The van der Waals surface area contributed by atoms with Crippen molar-refractivity contribution in [1.29, 1.82) is 0 Å². The van der Waals surface area contributed by atoms with Gasteiger partial charge in [0.15, 0.2) is 0 Å². The Morgan fingerprint density at radius 3 is 2.65 bits per heavy atom. The first-order valence-corrected chi connectivity index (χ1v) is 7.93. The normalized spacial score (nSPS) is 13.2. The maximum Gasteiger partial charge on any atom is 0.307 e. The lowest BCUT2D eigenvalue weighted by Crippen LogP contribution is -2.38. The number of hydrogen-bond donors (Lipinski definition) is 2. The quantitative estimate of drug-likeness (QED) is 0.688. The topological polar surface area (TPSA) is 58.6 Å². The highest BCUT2D eigenvalue weighted by Crippen LogP contribution is 2.28. The van der Waals surface area contributed by atoms with Gasteiger partial charge in [-0.15, -0.1) is 11.3 Å². The summed E-state index contributed by atoms with van der Waals surface area (Å²) in [6.45, 7) is 5.02. The van der Waals surface area contributed by atoms with E-state index in [1.165, 1.54) is 7.11 Å². The summed E-state index contributed by atoms with van der Waals surface area (Å²) in [5, 5.41) is 15.0. The van der Waals surface area contributed by atoms with Crippen molar-refractivity contribution in [3.05, 3.63) is 22.4 Å². The Labute approximate surface area is 125 Å². The van der Waals surface area contributed by atoms with E-state index in [9.17, 15) is 9.90 Å². The van der Waals surface area contributed by atoms with Crippen LogP contribution >= 0.6 is 11.3 Å². The first-order valence-electron chi connectivity index (χ1n) is 7.05. The van der Waals surface area contributed by atoms with Crippen LogP contribution in [-0.2, 0) is 9.53 Å². The van der Waals surface area contributed by atoms with Crippen LogP contribution in [0.4, 0.5) is 0 Å². The Bertz CT molecular complexity index is 380. The number of carbonyl (C=O) groups excluding carboxylic acids is 1. The van der Waals surface area contributed by atoms with Crippen molar-refractivity contribution in [1.82, 2.24) is 5.32 Å². The first-order chi connectivity index (χ1) is 9.60. The van der Waals surface area contributed by atoms with Gasteiger partial charge in [-0.25, -0.2) is 0 Å². The number of hydrogen-bond acceptors (Lipinski definition) is 5. The van der Waals surface area contributed by atoms with E-state index in [0.29, 0.717) is 13.0 Å². The van der Waals surface area contributed by atoms with E-state index in [2.05, 4.69) is 19.2 Å². The Morgan fingerprint density at radius 2 is 2.20 bits per heavy atom. The molecule has 0 bridgehead atoms. The van der Waals surface area contributed by atoms with Gasteiger partial charge in [-0.2, -0.15) is 0 Å². The minimum atomic E-state index is -0.224. The fourth-order valence-corrected chi connectivity index (χ4v) is 2.93. The maximum absolute atomic E-state index is 11.5. The molecule has 0 fully saturated rings. The molecule has 0 aromatic carbocycles. The third kappa shape index (κ3) is 4.58. The smallest absolute Gasteiger partial charge is 0.307 e. The number of esters is 1. The second-order valence-electron chi connectivity index (χ2n) is 5.09. The van der Waals surface area contributed by atoms with E-state index in [1.54, 1.807) is 11.3 Å². The predicted molar refractivity (Wildman–Crippen MR) is 81.8 cm³/mol. The zero-order chi connectivity index (χ0) is 15.0. The predicted octanol–water partition coefficient (Wildman–Crippen LogP) is 2.74. The number of rotatable bonds is 9. The van der Waals surface area contributed by atoms with Crippen molar-refractivity contribution in [3.63, 3.8) is 0 Å². The Hall–Kier alpha value is -0.910. The van der Waals surface area contributed by atoms with Crippen LogP contribution < -0.4 is 5.32 Å². The lowest BCUT2D eigenvalue weighted by atomic mass is 9.83. The summed E-state index contributed by atoms with van der Waals surface area (Å²) < 4.78 is 4.77. The molecule has 1 rings (SSSR count). The number of thiophene rings is 1. The third-order valence-electron chi connectivity index (χ3n) is 4.04. The molecule has 0 radical (unpaired) electrons. The van der Waals surface area contributed by atoms with Crippen LogP contribution in [0.1, 0.15) is 44.0 Å². The van der Waals surface area contributed by atoms with Gasteiger partial charge in [-0.05, 0) is 24.3 Å². The van der Waals surface area contributed by atoms with Crippen LogP contribution in [0.15, 0.2) is 17.5 Å². The molecule has 114 valence electrons. The van der Waals surface area contributed by atoms with Gasteiger partial charge in [-0.1, -0.05) is 19.9 Å². The molecule has 0 spiro atoms. The molecule has 5 heteroatoms. The molecule has 0 aliphatic carbocycles. The molecular weight excluding hydrogens is 274 g/mol. The number of carbonyl (C=O) groups is 1. The number of aliphatic hydroxyl groups excluding tert-OH is 1. The molecule has 1 aromatic rings. The van der Waals surface area contributed by atoms with E-state index < -0.39 is 0 Å². The van der Waals surface area contributed by atoms with Gasteiger partial charge >= 0.3 is 5.97 Å². The van der Waals surface area contributed by atoms with Crippen molar-refractivity contribution in [2.24, 2.45) is 5.41 Å². The monoisotopic (exact) mass is 299 g/mol. The maximum atomic E-state index is 11.5. The molecule has 4 nitrogen and oxygen atoms in total. The lowest BCUT2D eigenvalue weighted by Gasteiger charge is -2.31. The Balaban J connectivity index is 2.72. The average molecular weight is 299 g/mol. The van der Waals surface area contributed by atoms with Crippen LogP contribution in [0.25, 0.3) is 0 Å². The highest BCUT2D eigenvalue weighted by atomic mass is 32.1. The molecule has 0 saturated carbocycles. The molecule has 0 saturated heterocycles. The summed E-state index contributed by atoms with van der Waals surface area (Å²) in [5.74, 6) is -0.224. The Morgan fingerprint density at radius 1 is 1.50 bits per heavy atom. The van der Waals surface area contributed by atoms with E-state index in [-0.39, 0.29) is 24.0 Å². The van der Waals surface area contributed by atoms with Gasteiger partial charge in [0.05, 0.1) is 19.6 Å². The van der Waals surface area contributed by atoms with E-state index in [4.69, 9.17) is 4.74 Å². The molecule has 1 unspecified atom stereocenters. The summed E-state index contributed by atoms with van der Waals surface area (Å²) in [5.41, 5.74) is -0.119. The number of aliphatic hydroxyl groups is 1. The van der Waals surface area contributed by atoms with Gasteiger partial charge < -0.3 is 15.2 Å². The molecule has 0 amide bonds. The van der Waals surface area contributed by atoms with Gasteiger partial charge in [0.1, 0.15) is 0 Å². The molecular formula is C15H25NO3S. The van der Waals surface area contributed by atoms with Crippen LogP contribution in [0.5, 0.6) is 0 Å². The lowest BCUT2D eigenvalue weighted by molar-refractivity contribution is -0.141. The summed E-state index contributed by atoms with van der Waals surface area (Å²) >= 11 is 1.62. The first kappa shape index (κ1) is 17.1. The molecule has 1 atom stereocenters. The molecule has 0 aliphatic rings. The third-order valence-corrected chi connectivity index (χ3v) is 5.03. The highest BCUT2D eigenvalue weighted by molar-refractivity contribution is 7.10.